The quantitative estimate of drug-likeness (QED) is 0.766. The maximum atomic E-state index is 11.9. The van der Waals surface area contributed by atoms with Gasteiger partial charge in [-0.15, -0.1) is 0 Å². The molecule has 1 aromatic rings. The topological polar surface area (TPSA) is 55.8 Å². The lowest BCUT2D eigenvalue weighted by atomic mass is 10.0. The number of carbonyl (C=O) groups is 2. The second-order valence-electron chi connectivity index (χ2n) is 4.01. The molecule has 1 aliphatic rings. The molecule has 19 heavy (non-hydrogen) atoms. The zero-order valence-electron chi connectivity index (χ0n) is 10.9. The van der Waals surface area contributed by atoms with Crippen LogP contribution in [-0.4, -0.2) is 30.7 Å². The highest BCUT2D eigenvalue weighted by Gasteiger charge is 2.29. The monoisotopic (exact) mass is 261 g/mol. The highest BCUT2D eigenvalue weighted by molar-refractivity contribution is 5.97. The van der Waals surface area contributed by atoms with Crippen molar-refractivity contribution in [2.24, 2.45) is 0 Å². The maximum Gasteiger partial charge on any atom is 0.414 e. The molecule has 1 aromatic carbocycles. The Labute approximate surface area is 111 Å². The maximum absolute atomic E-state index is 11.9. The van der Waals surface area contributed by atoms with Crippen LogP contribution in [0.25, 0.3) is 6.08 Å². The van der Waals surface area contributed by atoms with Crippen molar-refractivity contribution < 1.29 is 19.1 Å². The fourth-order valence-electron chi connectivity index (χ4n) is 1.95. The van der Waals surface area contributed by atoms with Gasteiger partial charge in [-0.05, 0) is 24.1 Å². The summed E-state index contributed by atoms with van der Waals surface area (Å²) in [5, 5.41) is 0. The predicted molar refractivity (Wildman–Crippen MR) is 69.0 cm³/mol. The molecule has 2 rings (SSSR count). The summed E-state index contributed by atoms with van der Waals surface area (Å²) in [5.74, 6) is -0.526. The second kappa shape index (κ2) is 5.56. The van der Waals surface area contributed by atoms with E-state index in [-0.39, 0.29) is 12.3 Å². The van der Waals surface area contributed by atoms with E-state index < -0.39 is 12.1 Å². The largest absolute Gasteiger partial charge is 0.461 e. The molecule has 100 valence electrons. The van der Waals surface area contributed by atoms with Gasteiger partial charge in [-0.3, -0.25) is 4.90 Å². The first-order chi connectivity index (χ1) is 9.17. The van der Waals surface area contributed by atoms with Gasteiger partial charge in [0.25, 0.3) is 0 Å². The highest BCUT2D eigenvalue weighted by atomic mass is 16.5. The van der Waals surface area contributed by atoms with Gasteiger partial charge in [0.2, 0.25) is 0 Å². The molecule has 0 saturated carbocycles. The van der Waals surface area contributed by atoms with Crippen LogP contribution in [0.1, 0.15) is 18.1 Å². The fourth-order valence-corrected chi connectivity index (χ4v) is 1.95. The number of esters is 1. The van der Waals surface area contributed by atoms with E-state index in [9.17, 15) is 9.59 Å². The molecule has 0 aliphatic carbocycles. The molecule has 5 heteroatoms. The van der Waals surface area contributed by atoms with E-state index >= 15 is 0 Å². The van der Waals surface area contributed by atoms with Gasteiger partial charge in [0.15, 0.2) is 0 Å². The number of methoxy groups -OCH3 is 1. The van der Waals surface area contributed by atoms with Crippen LogP contribution < -0.4 is 0 Å². The lowest BCUT2D eigenvalue weighted by Gasteiger charge is -2.27. The highest BCUT2D eigenvalue weighted by Crippen LogP contribution is 2.25. The average molecular weight is 261 g/mol. The Kier molecular flexibility index (Phi) is 3.85. The number of nitrogens with zero attached hydrogens (tertiary/aromatic N) is 1. The van der Waals surface area contributed by atoms with Crippen molar-refractivity contribution in [2.45, 2.75) is 13.5 Å². The van der Waals surface area contributed by atoms with E-state index in [1.807, 2.05) is 24.3 Å². The number of hydrogen-bond donors (Lipinski definition) is 0. The summed E-state index contributed by atoms with van der Waals surface area (Å²) in [6.07, 6.45) is 1.07. The lowest BCUT2D eigenvalue weighted by molar-refractivity contribution is -0.140. The number of carbonyl (C=O) groups excluding carboxylic acids is 2. The average Bonchev–Trinajstić information content (AvgIpc) is 2.45. The van der Waals surface area contributed by atoms with Crippen LogP contribution in [0, 0.1) is 0 Å². The van der Waals surface area contributed by atoms with E-state index in [1.54, 1.807) is 13.0 Å². The van der Waals surface area contributed by atoms with E-state index in [0.717, 1.165) is 11.1 Å². The summed E-state index contributed by atoms with van der Waals surface area (Å²) in [7, 11) is 1.28. The minimum Gasteiger partial charge on any atom is -0.461 e. The lowest BCUT2D eigenvalue weighted by Crippen LogP contribution is -2.36. The van der Waals surface area contributed by atoms with Crippen LogP contribution in [0.5, 0.6) is 0 Å². The zero-order valence-corrected chi connectivity index (χ0v) is 10.9. The van der Waals surface area contributed by atoms with Crippen molar-refractivity contribution >= 4 is 18.1 Å². The van der Waals surface area contributed by atoms with Gasteiger partial charge in [0.1, 0.15) is 5.70 Å². The van der Waals surface area contributed by atoms with Gasteiger partial charge in [-0.1, -0.05) is 24.3 Å². The number of hydrogen-bond acceptors (Lipinski definition) is 4. The first-order valence-corrected chi connectivity index (χ1v) is 5.99. The molecular formula is C14H15NO4. The van der Waals surface area contributed by atoms with E-state index in [1.165, 1.54) is 12.0 Å². The van der Waals surface area contributed by atoms with Crippen molar-refractivity contribution in [3.8, 4) is 0 Å². The number of ether oxygens (including phenoxy) is 2. The third kappa shape index (κ3) is 2.59. The summed E-state index contributed by atoms with van der Waals surface area (Å²) in [6.45, 7) is 2.28. The summed E-state index contributed by atoms with van der Waals surface area (Å²) >= 11 is 0. The molecule has 0 atom stereocenters. The molecule has 0 N–H and O–H groups in total. The van der Waals surface area contributed by atoms with Gasteiger partial charge in [0.05, 0.1) is 20.3 Å². The third-order valence-electron chi connectivity index (χ3n) is 2.85. The van der Waals surface area contributed by atoms with Crippen molar-refractivity contribution in [3.63, 3.8) is 0 Å². The number of fused-ring (bicyclic) bond motifs is 1. The number of rotatable bonds is 2. The van der Waals surface area contributed by atoms with E-state index in [4.69, 9.17) is 9.47 Å². The standard InChI is InChI=1S/C14H15NO4/c1-3-19-13(16)12-8-10-6-4-5-7-11(10)9-15(12)14(17)18-2/h4-8H,3,9H2,1-2H3. The molecule has 0 bridgehead atoms. The van der Waals surface area contributed by atoms with Crippen molar-refractivity contribution in [1.82, 2.24) is 4.90 Å². The Bertz CT molecular complexity index is 536. The molecule has 1 amide bonds. The fraction of sp³-hybridized carbons (Fsp3) is 0.286. The van der Waals surface area contributed by atoms with Gasteiger partial charge in [-0.2, -0.15) is 0 Å². The molecule has 0 saturated heterocycles. The molecule has 0 fully saturated rings. The summed E-state index contributed by atoms with van der Waals surface area (Å²) in [4.78, 5) is 24.9. The summed E-state index contributed by atoms with van der Waals surface area (Å²) < 4.78 is 9.67. The van der Waals surface area contributed by atoms with Crippen LogP contribution in [0.15, 0.2) is 30.0 Å². The van der Waals surface area contributed by atoms with Gasteiger partial charge in [0, 0.05) is 0 Å². The first-order valence-electron chi connectivity index (χ1n) is 5.99. The molecule has 0 spiro atoms. The minimum absolute atomic E-state index is 0.201. The molecule has 1 heterocycles. The van der Waals surface area contributed by atoms with E-state index in [0.29, 0.717) is 6.54 Å². The van der Waals surface area contributed by atoms with Crippen LogP contribution in [0.2, 0.25) is 0 Å². The van der Waals surface area contributed by atoms with Crippen LogP contribution in [-0.2, 0) is 20.8 Å². The zero-order chi connectivity index (χ0) is 13.8. The number of benzene rings is 1. The van der Waals surface area contributed by atoms with Crippen LogP contribution in [0.4, 0.5) is 4.79 Å². The van der Waals surface area contributed by atoms with Gasteiger partial charge < -0.3 is 9.47 Å². The SMILES string of the molecule is CCOC(=O)C1=Cc2ccccc2CN1C(=O)OC. The van der Waals surface area contributed by atoms with Crippen molar-refractivity contribution in [2.75, 3.05) is 13.7 Å². The summed E-state index contributed by atoms with van der Waals surface area (Å²) in [5.41, 5.74) is 2.07. The molecule has 0 radical (unpaired) electrons. The van der Waals surface area contributed by atoms with Gasteiger partial charge in [-0.25, -0.2) is 9.59 Å². The molecule has 1 aliphatic heterocycles. The predicted octanol–water partition coefficient (Wildman–Crippen LogP) is 2.17. The first kappa shape index (κ1) is 13.1. The second-order valence-corrected chi connectivity index (χ2v) is 4.01. The van der Waals surface area contributed by atoms with Gasteiger partial charge >= 0.3 is 12.1 Å². The molecular weight excluding hydrogens is 246 g/mol. The Morgan fingerprint density at radius 2 is 2.05 bits per heavy atom. The van der Waals surface area contributed by atoms with Crippen molar-refractivity contribution in [1.29, 1.82) is 0 Å². The smallest absolute Gasteiger partial charge is 0.414 e. The molecule has 5 nitrogen and oxygen atoms in total. The Morgan fingerprint density at radius 1 is 1.32 bits per heavy atom. The summed E-state index contributed by atoms with van der Waals surface area (Å²) in [6, 6.07) is 7.57. The van der Waals surface area contributed by atoms with Crippen molar-refractivity contribution in [3.05, 3.63) is 41.1 Å². The third-order valence-corrected chi connectivity index (χ3v) is 2.85. The Morgan fingerprint density at radius 3 is 2.74 bits per heavy atom. The minimum atomic E-state index is -0.575. The molecule has 0 aromatic heterocycles. The normalized spacial score (nSPS) is 13.4. The van der Waals surface area contributed by atoms with Crippen LogP contribution >= 0.6 is 0 Å². The number of amides is 1. The van der Waals surface area contributed by atoms with E-state index in [2.05, 4.69) is 0 Å². The Hall–Kier alpha value is -2.30. The molecule has 0 unspecified atom stereocenters. The Balaban J connectivity index is 2.41. The van der Waals surface area contributed by atoms with Crippen LogP contribution in [0.3, 0.4) is 0 Å².